The van der Waals surface area contributed by atoms with E-state index in [4.69, 9.17) is 0 Å². The summed E-state index contributed by atoms with van der Waals surface area (Å²) in [6.07, 6.45) is 5.22. The number of amides is 2. The van der Waals surface area contributed by atoms with Crippen LogP contribution in [0.5, 0.6) is 5.75 Å². The maximum Gasteiger partial charge on any atom is 0.253 e. The van der Waals surface area contributed by atoms with E-state index in [9.17, 15) is 14.7 Å². The van der Waals surface area contributed by atoms with Crippen molar-refractivity contribution in [3.05, 3.63) is 54.1 Å². The quantitative estimate of drug-likeness (QED) is 0.839. The van der Waals surface area contributed by atoms with Gasteiger partial charge in [0.2, 0.25) is 5.91 Å². The number of carbonyl (C=O) groups excluding carboxylic acids is 2. The van der Waals surface area contributed by atoms with Gasteiger partial charge in [0.1, 0.15) is 5.75 Å². The third kappa shape index (κ3) is 4.29. The van der Waals surface area contributed by atoms with E-state index in [0.29, 0.717) is 24.6 Å². The lowest BCUT2D eigenvalue weighted by Crippen LogP contribution is -2.36. The summed E-state index contributed by atoms with van der Waals surface area (Å²) >= 11 is 0. The second kappa shape index (κ2) is 8.27. The lowest BCUT2D eigenvalue weighted by molar-refractivity contribution is -0.129. The Balaban J connectivity index is 1.41. The Morgan fingerprint density at radius 2 is 1.83 bits per heavy atom. The fraction of sp³-hybridized carbons (Fsp3) is 0.417. The van der Waals surface area contributed by atoms with Crippen molar-refractivity contribution in [2.45, 2.75) is 38.1 Å². The maximum absolute atomic E-state index is 13.0. The van der Waals surface area contributed by atoms with Gasteiger partial charge in [-0.25, -0.2) is 0 Å². The molecule has 1 N–H and O–H groups in total. The molecule has 0 aromatic heterocycles. The van der Waals surface area contributed by atoms with Crippen LogP contribution in [0.3, 0.4) is 0 Å². The van der Waals surface area contributed by atoms with Crippen LogP contribution in [0.4, 0.5) is 0 Å². The Hall–Kier alpha value is -2.82. The van der Waals surface area contributed by atoms with Crippen molar-refractivity contribution in [2.24, 2.45) is 5.92 Å². The summed E-state index contributed by atoms with van der Waals surface area (Å²) in [5, 5.41) is 9.47. The molecule has 1 saturated heterocycles. The lowest BCUT2D eigenvalue weighted by atomic mass is 10.0. The highest BCUT2D eigenvalue weighted by atomic mass is 16.3. The lowest BCUT2D eigenvalue weighted by Gasteiger charge is -2.25. The first-order valence-corrected chi connectivity index (χ1v) is 10.5. The molecule has 2 fully saturated rings. The van der Waals surface area contributed by atoms with E-state index in [1.807, 2.05) is 43.4 Å². The molecule has 0 bridgehead atoms. The van der Waals surface area contributed by atoms with Crippen LogP contribution >= 0.6 is 0 Å². The molecule has 0 radical (unpaired) electrons. The molecule has 2 amide bonds. The molecule has 1 saturated carbocycles. The highest BCUT2D eigenvalue weighted by Gasteiger charge is 2.36. The molecule has 1 aliphatic carbocycles. The van der Waals surface area contributed by atoms with Gasteiger partial charge in [-0.2, -0.15) is 0 Å². The van der Waals surface area contributed by atoms with E-state index < -0.39 is 0 Å². The molecular formula is C24H28N2O3. The number of rotatable bonds is 5. The highest BCUT2D eigenvalue weighted by Crippen LogP contribution is 2.30. The number of hydrogen-bond donors (Lipinski definition) is 1. The molecule has 5 nitrogen and oxygen atoms in total. The molecule has 0 spiro atoms. The molecule has 2 aliphatic rings. The molecule has 5 heteroatoms. The molecule has 1 unspecified atom stereocenters. The minimum Gasteiger partial charge on any atom is -0.508 e. The van der Waals surface area contributed by atoms with Gasteiger partial charge in [0.15, 0.2) is 0 Å². The van der Waals surface area contributed by atoms with Gasteiger partial charge in [-0.15, -0.1) is 0 Å². The number of phenolic OH excluding ortho intramolecular Hbond substituents is 1. The van der Waals surface area contributed by atoms with E-state index in [1.54, 1.807) is 17.0 Å². The van der Waals surface area contributed by atoms with Crippen LogP contribution in [-0.2, 0) is 4.79 Å². The first-order chi connectivity index (χ1) is 14.0. The van der Waals surface area contributed by atoms with Crippen molar-refractivity contribution >= 4 is 11.8 Å². The Labute approximate surface area is 171 Å². The van der Waals surface area contributed by atoms with E-state index in [2.05, 4.69) is 4.90 Å². The number of benzene rings is 2. The van der Waals surface area contributed by atoms with E-state index in [0.717, 1.165) is 30.5 Å². The Kier molecular flexibility index (Phi) is 5.56. The van der Waals surface area contributed by atoms with Gasteiger partial charge in [0.25, 0.3) is 5.91 Å². The number of aromatic hydroxyl groups is 1. The normalized spacial score (nSPS) is 19.7. The van der Waals surface area contributed by atoms with Gasteiger partial charge >= 0.3 is 0 Å². The van der Waals surface area contributed by atoms with Crippen LogP contribution in [-0.4, -0.2) is 52.9 Å². The minimum atomic E-state index is -0.0302. The molecule has 152 valence electrons. The van der Waals surface area contributed by atoms with Crippen LogP contribution in [0.2, 0.25) is 0 Å². The summed E-state index contributed by atoms with van der Waals surface area (Å²) < 4.78 is 0. The summed E-state index contributed by atoms with van der Waals surface area (Å²) in [5.74, 6) is 0.644. The minimum absolute atomic E-state index is 0.0302. The Morgan fingerprint density at radius 3 is 2.55 bits per heavy atom. The first-order valence-electron chi connectivity index (χ1n) is 10.5. The number of carbonyl (C=O) groups is 2. The van der Waals surface area contributed by atoms with Crippen molar-refractivity contribution < 1.29 is 14.7 Å². The van der Waals surface area contributed by atoms with Gasteiger partial charge < -0.3 is 14.9 Å². The molecular weight excluding hydrogens is 364 g/mol. The number of nitrogens with zero attached hydrogens (tertiary/aromatic N) is 2. The number of likely N-dealkylation sites (tertiary alicyclic amines) is 1. The summed E-state index contributed by atoms with van der Waals surface area (Å²) in [4.78, 5) is 29.2. The summed E-state index contributed by atoms with van der Waals surface area (Å²) in [7, 11) is 1.82. The highest BCUT2D eigenvalue weighted by molar-refractivity contribution is 5.95. The van der Waals surface area contributed by atoms with Crippen LogP contribution in [0.15, 0.2) is 48.5 Å². The summed E-state index contributed by atoms with van der Waals surface area (Å²) in [5.41, 5.74) is 2.52. The summed E-state index contributed by atoms with van der Waals surface area (Å²) in [6.45, 7) is 1.37. The average Bonchev–Trinajstić information content (AvgIpc) is 3.37. The smallest absolute Gasteiger partial charge is 0.253 e. The van der Waals surface area contributed by atoms with Gasteiger partial charge in [-0.1, -0.05) is 37.1 Å². The Morgan fingerprint density at radius 1 is 1.10 bits per heavy atom. The third-order valence-electron chi connectivity index (χ3n) is 6.19. The Bertz CT molecular complexity index is 887. The predicted octanol–water partition coefficient (Wildman–Crippen LogP) is 3.92. The zero-order valence-corrected chi connectivity index (χ0v) is 16.9. The fourth-order valence-electron chi connectivity index (χ4n) is 4.68. The average molecular weight is 392 g/mol. The molecule has 1 atom stereocenters. The maximum atomic E-state index is 13.0. The van der Waals surface area contributed by atoms with Gasteiger partial charge in [0, 0.05) is 44.1 Å². The second-order valence-electron chi connectivity index (χ2n) is 8.37. The topological polar surface area (TPSA) is 60.9 Å². The number of phenols is 1. The van der Waals surface area contributed by atoms with Gasteiger partial charge in [-0.3, -0.25) is 9.59 Å². The molecule has 2 aromatic carbocycles. The van der Waals surface area contributed by atoms with Crippen molar-refractivity contribution in [3.63, 3.8) is 0 Å². The van der Waals surface area contributed by atoms with E-state index >= 15 is 0 Å². The van der Waals surface area contributed by atoms with Crippen molar-refractivity contribution in [1.29, 1.82) is 0 Å². The summed E-state index contributed by atoms with van der Waals surface area (Å²) in [6, 6.07) is 14.9. The van der Waals surface area contributed by atoms with Crippen molar-refractivity contribution in [2.75, 3.05) is 20.1 Å². The van der Waals surface area contributed by atoms with Gasteiger partial charge in [-0.05, 0) is 48.2 Å². The second-order valence-corrected chi connectivity index (χ2v) is 8.37. The third-order valence-corrected chi connectivity index (χ3v) is 6.19. The monoisotopic (exact) mass is 392 g/mol. The molecule has 29 heavy (non-hydrogen) atoms. The molecule has 1 aliphatic heterocycles. The molecule has 1 heterocycles. The standard InChI is InChI=1S/C24H28N2O3/c1-25(15-17-13-23(28)26(16-17)21-7-2-3-8-21)24(29)20-6-4-5-19(14-20)18-9-11-22(27)12-10-18/h4-6,9-12,14,17,21,27H,2-3,7-8,13,15-16H2,1H3. The predicted molar refractivity (Wildman–Crippen MR) is 113 cm³/mol. The largest absolute Gasteiger partial charge is 0.508 e. The van der Waals surface area contributed by atoms with Crippen LogP contribution in [0.1, 0.15) is 42.5 Å². The van der Waals surface area contributed by atoms with Gasteiger partial charge in [0.05, 0.1) is 0 Å². The fourth-order valence-corrected chi connectivity index (χ4v) is 4.68. The molecule has 2 aromatic rings. The molecule has 4 rings (SSSR count). The van der Waals surface area contributed by atoms with Crippen LogP contribution in [0, 0.1) is 5.92 Å². The van der Waals surface area contributed by atoms with E-state index in [-0.39, 0.29) is 23.5 Å². The zero-order valence-electron chi connectivity index (χ0n) is 16.9. The van der Waals surface area contributed by atoms with Crippen LogP contribution in [0.25, 0.3) is 11.1 Å². The SMILES string of the molecule is CN(CC1CC(=O)N(C2CCCC2)C1)C(=O)c1cccc(-c2ccc(O)cc2)c1. The first kappa shape index (κ1) is 19.5. The van der Waals surface area contributed by atoms with Crippen molar-refractivity contribution in [1.82, 2.24) is 9.80 Å². The van der Waals surface area contributed by atoms with Crippen molar-refractivity contribution in [3.8, 4) is 16.9 Å². The number of hydrogen-bond acceptors (Lipinski definition) is 3. The zero-order chi connectivity index (χ0) is 20.4. The van der Waals surface area contributed by atoms with E-state index in [1.165, 1.54) is 12.8 Å². The van der Waals surface area contributed by atoms with Crippen LogP contribution < -0.4 is 0 Å².